The average molecular weight is 534 g/mol. The van der Waals surface area contributed by atoms with Gasteiger partial charge in [-0.05, 0) is 79.9 Å². The van der Waals surface area contributed by atoms with E-state index < -0.39 is 23.0 Å². The number of rotatable bonds is 11. The van der Waals surface area contributed by atoms with Crippen LogP contribution in [-0.4, -0.2) is 26.0 Å². The van der Waals surface area contributed by atoms with Crippen molar-refractivity contribution in [3.05, 3.63) is 78.1 Å². The molecule has 0 bridgehead atoms. The largest absolute Gasteiger partial charge is 0.493 e. The van der Waals surface area contributed by atoms with E-state index in [4.69, 9.17) is 19.9 Å². The van der Waals surface area contributed by atoms with Crippen LogP contribution in [0.15, 0.2) is 66.7 Å². The van der Waals surface area contributed by atoms with Crippen LogP contribution in [0.1, 0.15) is 38.2 Å². The van der Waals surface area contributed by atoms with Gasteiger partial charge in [0, 0.05) is 28.7 Å². The van der Waals surface area contributed by atoms with Gasteiger partial charge in [-0.3, -0.25) is 9.59 Å². The molecule has 1 aliphatic carbocycles. The van der Waals surface area contributed by atoms with Crippen LogP contribution < -0.4 is 30.6 Å². The number of methoxy groups -OCH3 is 2. The Kier molecular flexibility index (Phi) is 8.39. The summed E-state index contributed by atoms with van der Waals surface area (Å²) < 4.78 is 30.1. The number of carbonyl (C=O) groups excluding carboxylic acids is 2. The van der Waals surface area contributed by atoms with Gasteiger partial charge in [-0.15, -0.1) is 0 Å². The second kappa shape index (κ2) is 11.9. The number of benzene rings is 3. The number of hydrogen-bond donors (Lipinski definition) is 3. The lowest BCUT2D eigenvalue weighted by molar-refractivity contribution is -0.131. The number of unbranched alkanes of at least 4 members (excludes halogenated alkanes) is 1. The fourth-order valence-electron chi connectivity index (χ4n) is 4.04. The highest BCUT2D eigenvalue weighted by Crippen LogP contribution is 2.47. The molecule has 1 fully saturated rings. The van der Waals surface area contributed by atoms with Crippen molar-refractivity contribution in [3.8, 4) is 17.2 Å². The highest BCUT2D eigenvalue weighted by molar-refractivity contribution is 6.16. The quantitative estimate of drug-likeness (QED) is 0.158. The third kappa shape index (κ3) is 6.31. The van der Waals surface area contributed by atoms with Crippen LogP contribution in [0.5, 0.6) is 17.2 Å². The van der Waals surface area contributed by atoms with Gasteiger partial charge in [-0.1, -0.05) is 13.3 Å². The van der Waals surface area contributed by atoms with Gasteiger partial charge >= 0.3 is 0 Å². The van der Waals surface area contributed by atoms with Crippen molar-refractivity contribution >= 4 is 34.6 Å². The van der Waals surface area contributed by atoms with Gasteiger partial charge in [-0.2, -0.15) is 0 Å². The lowest BCUT2D eigenvalue weighted by Crippen LogP contribution is -2.35. The van der Waals surface area contributed by atoms with Gasteiger partial charge in [0.2, 0.25) is 11.8 Å². The van der Waals surface area contributed by atoms with Gasteiger partial charge in [0.25, 0.3) is 0 Å². The molecule has 204 valence electrons. The first-order chi connectivity index (χ1) is 18.8. The fourth-order valence-corrected chi connectivity index (χ4v) is 4.04. The van der Waals surface area contributed by atoms with E-state index in [0.29, 0.717) is 58.5 Å². The zero-order valence-electron chi connectivity index (χ0n) is 22.2. The summed E-state index contributed by atoms with van der Waals surface area (Å²) in [5.74, 6) is 0.958. The Morgan fingerprint density at radius 1 is 0.923 bits per heavy atom. The molecule has 3 aromatic rings. The Morgan fingerprint density at radius 2 is 1.46 bits per heavy atom. The SMILES string of the molecule is CCC/C=C(/Oc1ccc(NC(=O)C2(C(=O)Nc3ccc(F)cc3)CC2)cc1)c1cc(OC)c(OC)cc1N. The molecule has 4 N–H and O–H groups in total. The minimum Gasteiger partial charge on any atom is -0.493 e. The smallest absolute Gasteiger partial charge is 0.240 e. The van der Waals surface area contributed by atoms with Crippen LogP contribution >= 0.6 is 0 Å². The molecule has 1 aliphatic rings. The Morgan fingerprint density at radius 3 is 1.97 bits per heavy atom. The van der Waals surface area contributed by atoms with Gasteiger partial charge in [0.15, 0.2) is 11.5 Å². The summed E-state index contributed by atoms with van der Waals surface area (Å²) in [6.45, 7) is 2.07. The van der Waals surface area contributed by atoms with Gasteiger partial charge in [-0.25, -0.2) is 4.39 Å². The first-order valence-electron chi connectivity index (χ1n) is 12.7. The third-order valence-corrected chi connectivity index (χ3v) is 6.50. The molecular formula is C30H32FN3O5. The summed E-state index contributed by atoms with van der Waals surface area (Å²) in [6.07, 6.45) is 4.53. The normalized spacial score (nSPS) is 13.8. The lowest BCUT2D eigenvalue weighted by Gasteiger charge is -2.17. The molecular weight excluding hydrogens is 501 g/mol. The Labute approximate surface area is 226 Å². The van der Waals surface area contributed by atoms with Crippen molar-refractivity contribution < 1.29 is 28.2 Å². The summed E-state index contributed by atoms with van der Waals surface area (Å²) in [7, 11) is 3.10. The molecule has 0 heterocycles. The number of nitrogens with one attached hydrogen (secondary N) is 2. The van der Waals surface area contributed by atoms with E-state index in [-0.39, 0.29) is 0 Å². The van der Waals surface area contributed by atoms with Crippen LogP contribution in [0.25, 0.3) is 5.76 Å². The maximum atomic E-state index is 13.2. The highest BCUT2D eigenvalue weighted by Gasteiger charge is 2.56. The molecule has 0 aromatic heterocycles. The molecule has 0 aliphatic heterocycles. The second-order valence-corrected chi connectivity index (χ2v) is 9.28. The molecule has 9 heteroatoms. The first-order valence-corrected chi connectivity index (χ1v) is 12.7. The molecule has 8 nitrogen and oxygen atoms in total. The summed E-state index contributed by atoms with van der Waals surface area (Å²) in [6, 6.07) is 15.7. The standard InChI is InChI=1S/C30H32FN3O5/c1-4-5-6-25(23-17-26(37-2)27(38-3)18-24(23)32)39-22-13-11-21(12-14-22)34-29(36)30(15-16-30)28(35)33-20-9-7-19(31)8-10-20/h6-14,17-18H,4-5,15-16,32H2,1-3H3,(H,33,35)(H,34,36)/b25-6+. The van der Waals surface area contributed by atoms with Crippen molar-refractivity contribution in [3.63, 3.8) is 0 Å². The van der Waals surface area contributed by atoms with Crippen LogP contribution in [0.2, 0.25) is 0 Å². The predicted octanol–water partition coefficient (Wildman–Crippen LogP) is 6.00. The molecule has 0 unspecified atom stereocenters. The number of hydrogen-bond acceptors (Lipinski definition) is 6. The lowest BCUT2D eigenvalue weighted by atomic mass is 10.0. The van der Waals surface area contributed by atoms with E-state index in [2.05, 4.69) is 17.6 Å². The van der Waals surface area contributed by atoms with Gasteiger partial charge in [0.05, 0.1) is 14.2 Å². The molecule has 0 saturated heterocycles. The highest BCUT2D eigenvalue weighted by atomic mass is 19.1. The zero-order chi connectivity index (χ0) is 28.0. The van der Waals surface area contributed by atoms with Crippen molar-refractivity contribution in [2.75, 3.05) is 30.6 Å². The number of allylic oxidation sites excluding steroid dienone is 1. The second-order valence-electron chi connectivity index (χ2n) is 9.28. The third-order valence-electron chi connectivity index (χ3n) is 6.50. The van der Waals surface area contributed by atoms with Gasteiger partial charge in [0.1, 0.15) is 22.7 Å². The van der Waals surface area contributed by atoms with E-state index in [1.165, 1.54) is 24.3 Å². The van der Waals surface area contributed by atoms with Gasteiger partial charge < -0.3 is 30.6 Å². The molecule has 0 radical (unpaired) electrons. The summed E-state index contributed by atoms with van der Waals surface area (Å²) in [4.78, 5) is 25.8. The summed E-state index contributed by atoms with van der Waals surface area (Å²) in [5.41, 5.74) is 7.26. The molecule has 2 amide bonds. The van der Waals surface area contributed by atoms with Crippen LogP contribution in [0, 0.1) is 11.2 Å². The number of amides is 2. The van der Waals surface area contributed by atoms with Crippen molar-refractivity contribution in [2.24, 2.45) is 5.41 Å². The molecule has 3 aromatic carbocycles. The Balaban J connectivity index is 1.45. The number of nitrogen functional groups attached to an aromatic ring is 1. The number of carbonyl (C=O) groups is 2. The predicted molar refractivity (Wildman–Crippen MR) is 149 cm³/mol. The topological polar surface area (TPSA) is 112 Å². The maximum absolute atomic E-state index is 13.2. The molecule has 39 heavy (non-hydrogen) atoms. The molecule has 0 spiro atoms. The van der Waals surface area contributed by atoms with E-state index in [1.807, 2.05) is 6.08 Å². The van der Waals surface area contributed by atoms with E-state index in [0.717, 1.165) is 12.8 Å². The fraction of sp³-hybridized carbons (Fsp3) is 0.267. The number of halogens is 1. The number of anilines is 3. The van der Waals surface area contributed by atoms with E-state index in [1.54, 1.807) is 50.6 Å². The van der Waals surface area contributed by atoms with Crippen molar-refractivity contribution in [1.29, 1.82) is 0 Å². The van der Waals surface area contributed by atoms with Crippen LogP contribution in [-0.2, 0) is 9.59 Å². The van der Waals surface area contributed by atoms with Crippen LogP contribution in [0.4, 0.5) is 21.5 Å². The zero-order valence-corrected chi connectivity index (χ0v) is 22.2. The minimum atomic E-state index is -1.15. The maximum Gasteiger partial charge on any atom is 0.240 e. The van der Waals surface area contributed by atoms with Crippen LogP contribution in [0.3, 0.4) is 0 Å². The Bertz CT molecular complexity index is 1370. The van der Waals surface area contributed by atoms with Crippen molar-refractivity contribution in [1.82, 2.24) is 0 Å². The van der Waals surface area contributed by atoms with Crippen molar-refractivity contribution in [2.45, 2.75) is 32.6 Å². The first kappa shape index (κ1) is 27.5. The number of ether oxygens (including phenoxy) is 3. The minimum absolute atomic E-state index is 0.391. The summed E-state index contributed by atoms with van der Waals surface area (Å²) >= 11 is 0. The van der Waals surface area contributed by atoms with E-state index >= 15 is 0 Å². The monoisotopic (exact) mass is 533 g/mol. The molecule has 1 saturated carbocycles. The summed E-state index contributed by atoms with van der Waals surface area (Å²) in [5, 5.41) is 5.53. The molecule has 4 rings (SSSR count). The molecule has 0 atom stereocenters. The number of nitrogens with two attached hydrogens (primary N) is 1. The van der Waals surface area contributed by atoms with E-state index in [9.17, 15) is 14.0 Å². The average Bonchev–Trinajstić information content (AvgIpc) is 3.76. The Hall–Kier alpha value is -4.53.